The van der Waals surface area contributed by atoms with Crippen LogP contribution in [0.4, 0.5) is 13.2 Å². The minimum absolute atomic E-state index is 0.0693. The van der Waals surface area contributed by atoms with Crippen LogP contribution in [-0.4, -0.2) is 91.9 Å². The third-order valence-corrected chi connectivity index (χ3v) is 10.8. The Balaban J connectivity index is 1.24. The lowest BCUT2D eigenvalue weighted by atomic mass is 9.65. The molecular weight excluding hydrogens is 521 g/mol. The number of amides is 2. The van der Waals surface area contributed by atoms with Gasteiger partial charge in [0.15, 0.2) is 0 Å². The average Bonchev–Trinajstić information content (AvgIpc) is 2.94. The normalized spacial score (nSPS) is 40.0. The van der Waals surface area contributed by atoms with Crippen LogP contribution in [0, 0.1) is 35.5 Å². The summed E-state index contributed by atoms with van der Waals surface area (Å²) in [6, 6.07) is 0.585. The minimum Gasteiger partial charge on any atom is -0.379 e. The first-order valence-electron chi connectivity index (χ1n) is 15.8. The van der Waals surface area contributed by atoms with Gasteiger partial charge in [0.05, 0.1) is 19.1 Å². The van der Waals surface area contributed by atoms with Crippen molar-refractivity contribution in [3.05, 3.63) is 0 Å². The Kier molecular flexibility index (Phi) is 9.67. The van der Waals surface area contributed by atoms with Gasteiger partial charge in [-0.15, -0.1) is 0 Å². The van der Waals surface area contributed by atoms with Crippen LogP contribution in [0.15, 0.2) is 0 Å². The highest BCUT2D eigenvalue weighted by atomic mass is 19.4. The lowest BCUT2D eigenvalue weighted by molar-refractivity contribution is -0.186. The van der Waals surface area contributed by atoms with Gasteiger partial charge in [0.2, 0.25) is 11.8 Å². The number of piperidine rings is 2. The molecule has 2 aliphatic carbocycles. The summed E-state index contributed by atoms with van der Waals surface area (Å²) in [5, 5.41) is 6.78. The van der Waals surface area contributed by atoms with Crippen molar-refractivity contribution in [2.24, 2.45) is 35.5 Å². The van der Waals surface area contributed by atoms with E-state index in [-0.39, 0.29) is 48.6 Å². The van der Waals surface area contributed by atoms with Gasteiger partial charge in [-0.1, -0.05) is 13.3 Å². The third kappa shape index (κ3) is 6.97. The van der Waals surface area contributed by atoms with Crippen LogP contribution in [0.5, 0.6) is 0 Å². The summed E-state index contributed by atoms with van der Waals surface area (Å²) in [4.78, 5) is 31.9. The molecule has 2 saturated carbocycles. The molecule has 0 aromatic rings. The number of alkyl halides is 3. The highest BCUT2D eigenvalue weighted by Gasteiger charge is 2.49. The van der Waals surface area contributed by atoms with Crippen LogP contribution in [0.2, 0.25) is 0 Å². The molecule has 5 fully saturated rings. The second-order valence-corrected chi connectivity index (χ2v) is 13.5. The van der Waals surface area contributed by atoms with Gasteiger partial charge in [-0.3, -0.25) is 14.5 Å². The Bertz CT molecular complexity index is 883. The highest BCUT2D eigenvalue weighted by molar-refractivity contribution is 5.81. The van der Waals surface area contributed by atoms with Gasteiger partial charge in [0.1, 0.15) is 0 Å². The summed E-state index contributed by atoms with van der Waals surface area (Å²) >= 11 is 0. The van der Waals surface area contributed by atoms with Gasteiger partial charge < -0.3 is 20.3 Å². The molecule has 0 aromatic carbocycles. The van der Waals surface area contributed by atoms with E-state index >= 15 is 0 Å². The SMILES string of the molecule is CC1CC2C(CN1)CC(C1CC(NC(=O)C3CCCC(C(F)(F)F)C3)CCC1C)C(=O)N2CCN1CCOCC1. The maximum absolute atomic E-state index is 14.2. The van der Waals surface area contributed by atoms with Crippen LogP contribution >= 0.6 is 0 Å². The second kappa shape index (κ2) is 12.9. The van der Waals surface area contributed by atoms with Crippen molar-refractivity contribution in [3.63, 3.8) is 0 Å². The molecule has 0 aromatic heterocycles. The number of halogens is 3. The lowest BCUT2D eigenvalue weighted by Gasteiger charge is -2.52. The molecule has 3 saturated heterocycles. The topological polar surface area (TPSA) is 73.9 Å². The van der Waals surface area contributed by atoms with Crippen molar-refractivity contribution in [3.8, 4) is 0 Å². The molecule has 0 spiro atoms. The summed E-state index contributed by atoms with van der Waals surface area (Å²) in [5.41, 5.74) is 0. The number of likely N-dealkylation sites (tertiary alicyclic amines) is 1. The fourth-order valence-electron chi connectivity index (χ4n) is 8.35. The molecule has 5 rings (SSSR count). The number of hydrogen-bond donors (Lipinski definition) is 2. The molecule has 10 heteroatoms. The monoisotopic (exact) mass is 570 g/mol. The number of carbonyl (C=O) groups is 2. The van der Waals surface area contributed by atoms with Gasteiger partial charge in [0, 0.05) is 62.7 Å². The Morgan fingerprint density at radius 1 is 1.02 bits per heavy atom. The first-order chi connectivity index (χ1) is 19.1. The minimum atomic E-state index is -4.23. The molecule has 2 amide bonds. The molecule has 2 N–H and O–H groups in total. The van der Waals surface area contributed by atoms with Crippen LogP contribution in [0.1, 0.15) is 71.6 Å². The number of nitrogens with zero attached hydrogens (tertiary/aromatic N) is 2. The Hall–Kier alpha value is -1.39. The number of fused-ring (bicyclic) bond motifs is 1. The fourth-order valence-corrected chi connectivity index (χ4v) is 8.35. The van der Waals surface area contributed by atoms with Gasteiger partial charge in [-0.25, -0.2) is 0 Å². The van der Waals surface area contributed by atoms with Crippen LogP contribution in [0.25, 0.3) is 0 Å². The third-order valence-electron chi connectivity index (χ3n) is 10.8. The van der Waals surface area contributed by atoms with Gasteiger partial charge in [-0.05, 0) is 76.0 Å². The quantitative estimate of drug-likeness (QED) is 0.508. The summed E-state index contributed by atoms with van der Waals surface area (Å²) in [6.07, 6.45) is 1.09. The fraction of sp³-hybridized carbons (Fsp3) is 0.933. The van der Waals surface area contributed by atoms with E-state index in [0.29, 0.717) is 30.7 Å². The highest BCUT2D eigenvalue weighted by Crippen LogP contribution is 2.44. The molecule has 5 aliphatic rings. The van der Waals surface area contributed by atoms with E-state index in [2.05, 4.69) is 34.3 Å². The van der Waals surface area contributed by atoms with E-state index in [1.54, 1.807) is 0 Å². The Labute approximate surface area is 237 Å². The van der Waals surface area contributed by atoms with Crippen molar-refractivity contribution >= 4 is 11.8 Å². The van der Waals surface area contributed by atoms with Gasteiger partial charge in [0.25, 0.3) is 0 Å². The zero-order valence-electron chi connectivity index (χ0n) is 24.3. The molecule has 3 aliphatic heterocycles. The summed E-state index contributed by atoms with van der Waals surface area (Å²) in [6.45, 7) is 10.3. The first-order valence-corrected chi connectivity index (χ1v) is 15.8. The van der Waals surface area contributed by atoms with E-state index in [0.717, 1.165) is 78.0 Å². The summed E-state index contributed by atoms with van der Waals surface area (Å²) in [5.74, 6) is -0.994. The van der Waals surface area contributed by atoms with Crippen LogP contribution < -0.4 is 10.6 Å². The summed E-state index contributed by atoms with van der Waals surface area (Å²) < 4.78 is 45.5. The van der Waals surface area contributed by atoms with Crippen LogP contribution in [0.3, 0.4) is 0 Å². The predicted molar refractivity (Wildman–Crippen MR) is 146 cm³/mol. The van der Waals surface area contributed by atoms with Crippen molar-refractivity contribution in [1.82, 2.24) is 20.4 Å². The molecular formula is C30H49F3N4O3. The van der Waals surface area contributed by atoms with E-state index in [9.17, 15) is 22.8 Å². The van der Waals surface area contributed by atoms with Crippen LogP contribution in [-0.2, 0) is 14.3 Å². The lowest BCUT2D eigenvalue weighted by Crippen LogP contribution is -2.62. The number of morpholine rings is 1. The molecule has 40 heavy (non-hydrogen) atoms. The standard InChI is InChI=1S/C30H49F3N4O3/c1-19-6-7-24(35-28(38)21-4-3-5-23(15-21)30(31,32)33)17-25(19)26-16-22-18-34-20(2)14-27(22)37(29(26)39)9-8-36-10-12-40-13-11-36/h19-27,34H,3-18H2,1-2H3,(H,35,38). The van der Waals surface area contributed by atoms with E-state index in [1.165, 1.54) is 0 Å². The average molecular weight is 571 g/mol. The Morgan fingerprint density at radius 3 is 2.55 bits per heavy atom. The molecule has 9 atom stereocenters. The maximum Gasteiger partial charge on any atom is 0.391 e. The zero-order chi connectivity index (χ0) is 28.4. The molecule has 7 nitrogen and oxygen atoms in total. The maximum atomic E-state index is 14.2. The molecule has 0 radical (unpaired) electrons. The summed E-state index contributed by atoms with van der Waals surface area (Å²) in [7, 11) is 0. The van der Waals surface area contributed by atoms with Crippen molar-refractivity contribution in [2.45, 2.75) is 95.9 Å². The predicted octanol–water partition coefficient (Wildman–Crippen LogP) is 3.82. The smallest absolute Gasteiger partial charge is 0.379 e. The Morgan fingerprint density at radius 2 is 1.80 bits per heavy atom. The zero-order valence-corrected chi connectivity index (χ0v) is 24.3. The van der Waals surface area contributed by atoms with Crippen molar-refractivity contribution < 1.29 is 27.5 Å². The first kappa shape index (κ1) is 30.1. The van der Waals surface area contributed by atoms with Gasteiger partial charge >= 0.3 is 6.18 Å². The van der Waals surface area contributed by atoms with Gasteiger partial charge in [-0.2, -0.15) is 13.2 Å². The largest absolute Gasteiger partial charge is 0.391 e. The molecule has 3 heterocycles. The van der Waals surface area contributed by atoms with Crippen molar-refractivity contribution in [1.29, 1.82) is 0 Å². The number of nitrogens with one attached hydrogen (secondary N) is 2. The number of carbonyl (C=O) groups excluding carboxylic acids is 2. The molecule has 9 unspecified atom stereocenters. The van der Waals surface area contributed by atoms with Crippen molar-refractivity contribution in [2.75, 3.05) is 45.9 Å². The number of rotatable bonds is 6. The molecule has 0 bridgehead atoms. The number of ether oxygens (including phenoxy) is 1. The second-order valence-electron chi connectivity index (χ2n) is 13.5. The van der Waals surface area contributed by atoms with E-state index < -0.39 is 18.0 Å². The number of hydrogen-bond acceptors (Lipinski definition) is 5. The molecule has 228 valence electrons. The van der Waals surface area contributed by atoms with E-state index in [1.807, 2.05) is 0 Å². The van der Waals surface area contributed by atoms with E-state index in [4.69, 9.17) is 4.74 Å².